The van der Waals surface area contributed by atoms with Crippen molar-refractivity contribution < 1.29 is 17.2 Å². The summed E-state index contributed by atoms with van der Waals surface area (Å²) in [5.41, 5.74) is 0.138. The number of H-pyrrole nitrogens is 3. The van der Waals surface area contributed by atoms with Crippen molar-refractivity contribution in [2.45, 2.75) is 37.6 Å². The Balaban J connectivity index is 1.81. The van der Waals surface area contributed by atoms with Crippen LogP contribution < -0.4 is 21.6 Å². The fourth-order valence-electron chi connectivity index (χ4n) is 3.77. The Hall–Kier alpha value is -3.84. The van der Waals surface area contributed by atoms with E-state index in [-0.39, 0.29) is 27.4 Å². The molecule has 2 aromatic heterocycles. The van der Waals surface area contributed by atoms with E-state index in [2.05, 4.69) is 24.9 Å². The van der Waals surface area contributed by atoms with E-state index in [1.807, 2.05) is 0 Å². The number of hydrogen-bond acceptors (Lipinski definition) is 7. The Kier molecular flexibility index (Phi) is 5.83. The number of fused-ring (bicyclic) bond motifs is 1. The average molecular weight is 489 g/mol. The summed E-state index contributed by atoms with van der Waals surface area (Å²) in [5.74, 6) is -2.57. The van der Waals surface area contributed by atoms with Crippen molar-refractivity contribution in [3.05, 3.63) is 90.0 Å². The third kappa shape index (κ3) is 4.22. The van der Waals surface area contributed by atoms with Crippen LogP contribution in [0.2, 0.25) is 0 Å². The normalized spacial score (nSPS) is 13.8. The lowest BCUT2D eigenvalue weighted by Gasteiger charge is -2.25. The van der Waals surface area contributed by atoms with Gasteiger partial charge in [0, 0.05) is 5.92 Å². The Morgan fingerprint density at radius 3 is 2.35 bits per heavy atom. The van der Waals surface area contributed by atoms with Gasteiger partial charge in [0.15, 0.2) is 0 Å². The summed E-state index contributed by atoms with van der Waals surface area (Å²) in [5, 5.41) is 5.84. The van der Waals surface area contributed by atoms with Crippen LogP contribution in [0.25, 0.3) is 11.0 Å². The molecule has 13 heteroatoms. The minimum absolute atomic E-state index is 0.0870. The topological polar surface area (TPSA) is 171 Å². The number of aryl methyl sites for hydroxylation is 1. The standard InChI is InChI=1S/C21H20FN5O6S/c1-9-4-6-13(22)16(10(9)2)11(3)17(20-25-26-21(30)33-20)27-34(31,32)12-5-7-14-15(8-12)24-19(29)18(28)23-14/h4-8,11,17,27H,1-3H3,(H,23,28)(H,24,29)(H,26,30). The predicted molar refractivity (Wildman–Crippen MR) is 120 cm³/mol. The first-order valence-electron chi connectivity index (χ1n) is 10.1. The molecule has 4 rings (SSSR count). The van der Waals surface area contributed by atoms with E-state index >= 15 is 0 Å². The summed E-state index contributed by atoms with van der Waals surface area (Å²) in [6.45, 7) is 5.07. The zero-order valence-corrected chi connectivity index (χ0v) is 19.0. The van der Waals surface area contributed by atoms with Gasteiger partial charge in [-0.05, 0) is 54.8 Å². The van der Waals surface area contributed by atoms with E-state index in [0.29, 0.717) is 5.56 Å². The van der Waals surface area contributed by atoms with E-state index in [1.54, 1.807) is 26.8 Å². The highest BCUT2D eigenvalue weighted by Gasteiger charge is 2.33. The Morgan fingerprint density at radius 1 is 1.03 bits per heavy atom. The van der Waals surface area contributed by atoms with Crippen molar-refractivity contribution in [1.29, 1.82) is 0 Å². The summed E-state index contributed by atoms with van der Waals surface area (Å²) >= 11 is 0. The highest BCUT2D eigenvalue weighted by Crippen LogP contribution is 2.35. The molecule has 0 aliphatic rings. The summed E-state index contributed by atoms with van der Waals surface area (Å²) in [4.78, 5) is 39.1. The van der Waals surface area contributed by atoms with Gasteiger partial charge in [0.2, 0.25) is 15.9 Å². The molecule has 11 nitrogen and oxygen atoms in total. The van der Waals surface area contributed by atoms with Crippen LogP contribution in [0.4, 0.5) is 4.39 Å². The van der Waals surface area contributed by atoms with Gasteiger partial charge in [0.1, 0.15) is 11.9 Å². The van der Waals surface area contributed by atoms with Gasteiger partial charge >= 0.3 is 16.9 Å². The third-order valence-electron chi connectivity index (χ3n) is 5.69. The summed E-state index contributed by atoms with van der Waals surface area (Å²) < 4.78 is 48.8. The zero-order valence-electron chi connectivity index (χ0n) is 18.2. The minimum atomic E-state index is -4.30. The number of nitrogens with zero attached hydrogens (tertiary/aromatic N) is 1. The monoisotopic (exact) mass is 489 g/mol. The largest absolute Gasteiger partial charge is 0.434 e. The van der Waals surface area contributed by atoms with Crippen LogP contribution in [0, 0.1) is 19.7 Å². The Labute approximate surface area is 191 Å². The molecule has 0 radical (unpaired) electrons. The fourth-order valence-corrected chi connectivity index (χ4v) is 5.06. The van der Waals surface area contributed by atoms with Gasteiger partial charge in [0.05, 0.1) is 15.9 Å². The van der Waals surface area contributed by atoms with Crippen LogP contribution in [0.3, 0.4) is 0 Å². The van der Waals surface area contributed by atoms with Gasteiger partial charge in [-0.1, -0.05) is 13.0 Å². The number of halogens is 1. The SMILES string of the molecule is Cc1ccc(F)c(C(C)C(NS(=O)(=O)c2ccc3[nH]c(=O)c(=O)[nH]c3c2)c2n[nH]c(=O)o2)c1C. The molecule has 0 fully saturated rings. The second kappa shape index (κ2) is 8.50. The number of benzene rings is 2. The number of aromatic amines is 3. The number of nitrogens with one attached hydrogen (secondary N) is 4. The first-order chi connectivity index (χ1) is 16.0. The third-order valence-corrected chi connectivity index (χ3v) is 7.13. The van der Waals surface area contributed by atoms with E-state index in [0.717, 1.165) is 11.6 Å². The van der Waals surface area contributed by atoms with Crippen molar-refractivity contribution in [1.82, 2.24) is 24.9 Å². The zero-order chi connectivity index (χ0) is 24.8. The molecule has 34 heavy (non-hydrogen) atoms. The van der Waals surface area contributed by atoms with E-state index < -0.39 is 44.7 Å². The maximum atomic E-state index is 14.8. The molecule has 0 aliphatic heterocycles. The van der Waals surface area contributed by atoms with Crippen LogP contribution >= 0.6 is 0 Å². The summed E-state index contributed by atoms with van der Waals surface area (Å²) in [6.07, 6.45) is 0. The molecule has 0 saturated carbocycles. The van der Waals surface area contributed by atoms with Gasteiger partial charge in [-0.2, -0.15) is 4.72 Å². The van der Waals surface area contributed by atoms with Crippen molar-refractivity contribution >= 4 is 21.1 Å². The van der Waals surface area contributed by atoms with Crippen LogP contribution in [0.15, 0.2) is 54.0 Å². The molecule has 0 saturated heterocycles. The maximum absolute atomic E-state index is 14.8. The molecule has 2 heterocycles. The highest BCUT2D eigenvalue weighted by atomic mass is 32.2. The lowest BCUT2D eigenvalue weighted by molar-refractivity contribution is 0.377. The molecule has 4 aromatic rings. The Morgan fingerprint density at radius 2 is 1.71 bits per heavy atom. The van der Waals surface area contributed by atoms with E-state index in [1.165, 1.54) is 18.2 Å². The minimum Gasteiger partial charge on any atom is -0.391 e. The lowest BCUT2D eigenvalue weighted by Crippen LogP contribution is -2.33. The lowest BCUT2D eigenvalue weighted by atomic mass is 9.88. The molecule has 0 aliphatic carbocycles. The summed E-state index contributed by atoms with van der Waals surface area (Å²) in [6, 6.07) is 5.33. The van der Waals surface area contributed by atoms with E-state index in [4.69, 9.17) is 4.42 Å². The molecule has 2 aromatic carbocycles. The number of aromatic nitrogens is 4. The molecule has 178 valence electrons. The van der Waals surface area contributed by atoms with Crippen LogP contribution in [-0.4, -0.2) is 28.6 Å². The van der Waals surface area contributed by atoms with Crippen molar-refractivity contribution in [3.63, 3.8) is 0 Å². The molecular weight excluding hydrogens is 469 g/mol. The highest BCUT2D eigenvalue weighted by molar-refractivity contribution is 7.89. The molecule has 0 spiro atoms. The van der Waals surface area contributed by atoms with Crippen molar-refractivity contribution in [2.24, 2.45) is 0 Å². The molecule has 2 atom stereocenters. The van der Waals surface area contributed by atoms with Crippen molar-refractivity contribution in [3.8, 4) is 0 Å². The number of sulfonamides is 1. The number of hydrogen-bond donors (Lipinski definition) is 4. The van der Waals surface area contributed by atoms with Crippen molar-refractivity contribution in [2.75, 3.05) is 0 Å². The fraction of sp³-hybridized carbons (Fsp3) is 0.238. The van der Waals surface area contributed by atoms with Gasteiger partial charge in [0.25, 0.3) is 0 Å². The molecular formula is C21H20FN5O6S. The van der Waals surface area contributed by atoms with Crippen LogP contribution in [0.5, 0.6) is 0 Å². The molecule has 2 unspecified atom stereocenters. The van der Waals surface area contributed by atoms with E-state index in [9.17, 15) is 27.2 Å². The Bertz CT molecular complexity index is 1680. The molecule has 4 N–H and O–H groups in total. The van der Waals surface area contributed by atoms with Gasteiger partial charge in [-0.25, -0.2) is 22.7 Å². The maximum Gasteiger partial charge on any atom is 0.434 e. The first kappa shape index (κ1) is 23.3. The van der Waals surface area contributed by atoms with Crippen LogP contribution in [-0.2, 0) is 10.0 Å². The van der Waals surface area contributed by atoms with Gasteiger partial charge < -0.3 is 14.4 Å². The first-order valence-corrected chi connectivity index (χ1v) is 11.6. The molecule has 0 bridgehead atoms. The smallest absolute Gasteiger partial charge is 0.391 e. The second-order valence-corrected chi connectivity index (χ2v) is 9.57. The quantitative estimate of drug-likeness (QED) is 0.297. The average Bonchev–Trinajstić information content (AvgIpc) is 3.21. The van der Waals surface area contributed by atoms with Gasteiger partial charge in [-0.3, -0.25) is 9.59 Å². The summed E-state index contributed by atoms with van der Waals surface area (Å²) in [7, 11) is -4.30. The molecule has 0 amide bonds. The van der Waals surface area contributed by atoms with Gasteiger partial charge in [-0.15, -0.1) is 5.10 Å². The number of rotatable bonds is 6. The van der Waals surface area contributed by atoms with Crippen LogP contribution in [0.1, 0.15) is 41.5 Å². The second-order valence-electron chi connectivity index (χ2n) is 7.86. The predicted octanol–water partition coefficient (Wildman–Crippen LogP) is 1.47.